The second kappa shape index (κ2) is 5.98. The van der Waals surface area contributed by atoms with Crippen molar-refractivity contribution in [2.45, 2.75) is 52.7 Å². The summed E-state index contributed by atoms with van der Waals surface area (Å²) in [5.74, 6) is 0. The van der Waals surface area contributed by atoms with Gasteiger partial charge >= 0.3 is 0 Å². The minimum Gasteiger partial charge on any atom is -0.389 e. The Morgan fingerprint density at radius 2 is 2.05 bits per heavy atom. The number of aromatic nitrogens is 1. The molecule has 1 heterocycles. The normalized spacial score (nSPS) is 13.1. The Kier molecular flexibility index (Phi) is 4.54. The summed E-state index contributed by atoms with van der Waals surface area (Å²) in [6.45, 7) is 7.00. The molecule has 3 heteroatoms. The highest BCUT2D eigenvalue weighted by Gasteiger charge is 2.18. The number of rotatable bonds is 5. The molecule has 1 atom stereocenters. The summed E-state index contributed by atoms with van der Waals surface area (Å²) in [7, 11) is 0. The van der Waals surface area contributed by atoms with E-state index in [1.807, 2.05) is 0 Å². The Morgan fingerprint density at radius 1 is 1.32 bits per heavy atom. The van der Waals surface area contributed by atoms with E-state index in [1.54, 1.807) is 6.92 Å². The van der Waals surface area contributed by atoms with Crippen LogP contribution in [0, 0.1) is 0 Å². The van der Waals surface area contributed by atoms with Crippen molar-refractivity contribution in [1.82, 2.24) is 4.57 Å². The van der Waals surface area contributed by atoms with Crippen molar-refractivity contribution in [1.29, 1.82) is 0 Å². The van der Waals surface area contributed by atoms with Crippen LogP contribution in [0.25, 0.3) is 10.9 Å². The number of unbranched alkanes of at least 4 members (excludes halogenated alkanes) is 1. The van der Waals surface area contributed by atoms with Crippen LogP contribution in [0.1, 0.15) is 50.8 Å². The number of aliphatic hydroxyl groups is 1. The summed E-state index contributed by atoms with van der Waals surface area (Å²) in [5, 5.41) is 11.8. The molecule has 0 saturated carbocycles. The molecule has 1 unspecified atom stereocenters. The first-order valence-corrected chi connectivity index (χ1v) is 7.46. The summed E-state index contributed by atoms with van der Waals surface area (Å²) in [4.78, 5) is 0. The first kappa shape index (κ1) is 14.4. The predicted molar refractivity (Wildman–Crippen MR) is 81.9 cm³/mol. The van der Waals surface area contributed by atoms with Gasteiger partial charge in [0.15, 0.2) is 0 Å². The molecule has 0 bridgehead atoms. The fourth-order valence-corrected chi connectivity index (χ4v) is 2.98. The molecule has 0 aliphatic heterocycles. The summed E-state index contributed by atoms with van der Waals surface area (Å²) < 4.78 is 2.13. The predicted octanol–water partition coefficient (Wildman–Crippen LogP) is 4.71. The van der Waals surface area contributed by atoms with E-state index in [0.717, 1.165) is 42.3 Å². The molecular formula is C16H22ClNO. The first-order chi connectivity index (χ1) is 9.10. The maximum atomic E-state index is 10.0. The Balaban J connectivity index is 2.65. The zero-order valence-electron chi connectivity index (χ0n) is 11.9. The zero-order chi connectivity index (χ0) is 14.0. The lowest BCUT2D eigenvalue weighted by Gasteiger charge is -2.07. The third kappa shape index (κ3) is 2.65. The van der Waals surface area contributed by atoms with Gasteiger partial charge in [-0.15, -0.1) is 0 Å². The monoisotopic (exact) mass is 279 g/mol. The van der Waals surface area contributed by atoms with Crippen LogP contribution >= 0.6 is 11.6 Å². The van der Waals surface area contributed by atoms with E-state index < -0.39 is 6.10 Å². The van der Waals surface area contributed by atoms with Gasteiger partial charge in [-0.2, -0.15) is 0 Å². The number of halogens is 1. The third-order valence-electron chi connectivity index (χ3n) is 3.66. The van der Waals surface area contributed by atoms with Crippen molar-refractivity contribution in [2.24, 2.45) is 0 Å². The summed E-state index contributed by atoms with van der Waals surface area (Å²) in [6, 6.07) is 6.43. The lowest BCUT2D eigenvalue weighted by Crippen LogP contribution is -1.98. The molecule has 0 aliphatic carbocycles. The lowest BCUT2D eigenvalue weighted by atomic mass is 10.1. The lowest BCUT2D eigenvalue weighted by molar-refractivity contribution is 0.200. The molecule has 2 aromatic rings. The SMILES string of the molecule is CCCCn1c(Cl)c(C(C)O)c2cc(CC)ccc21. The fraction of sp³-hybridized carbons (Fsp3) is 0.500. The minimum absolute atomic E-state index is 0.537. The average Bonchev–Trinajstić information content (AvgIpc) is 2.67. The minimum atomic E-state index is -0.537. The van der Waals surface area contributed by atoms with Crippen molar-refractivity contribution in [3.05, 3.63) is 34.5 Å². The maximum Gasteiger partial charge on any atom is 0.115 e. The van der Waals surface area contributed by atoms with Crippen LogP contribution in [0.4, 0.5) is 0 Å². The van der Waals surface area contributed by atoms with E-state index in [-0.39, 0.29) is 0 Å². The van der Waals surface area contributed by atoms with E-state index in [4.69, 9.17) is 11.6 Å². The number of aryl methyl sites for hydroxylation is 2. The molecule has 2 rings (SSSR count). The van der Waals surface area contributed by atoms with Gasteiger partial charge in [0.2, 0.25) is 0 Å². The smallest absolute Gasteiger partial charge is 0.115 e. The molecule has 1 aromatic carbocycles. The fourth-order valence-electron chi connectivity index (χ4n) is 2.55. The van der Waals surface area contributed by atoms with Crippen LogP contribution < -0.4 is 0 Å². The van der Waals surface area contributed by atoms with Gasteiger partial charge in [-0.25, -0.2) is 0 Å². The second-order valence-electron chi connectivity index (χ2n) is 5.09. The Labute approximate surface area is 120 Å². The van der Waals surface area contributed by atoms with E-state index in [9.17, 15) is 5.11 Å². The second-order valence-corrected chi connectivity index (χ2v) is 5.45. The first-order valence-electron chi connectivity index (χ1n) is 7.08. The molecule has 0 spiro atoms. The molecular weight excluding hydrogens is 258 g/mol. The molecule has 1 N–H and O–H groups in total. The molecule has 0 aliphatic rings. The number of nitrogens with zero attached hydrogens (tertiary/aromatic N) is 1. The average molecular weight is 280 g/mol. The summed E-state index contributed by atoms with van der Waals surface area (Å²) in [6.07, 6.45) is 2.68. The van der Waals surface area contributed by atoms with E-state index in [2.05, 4.69) is 36.6 Å². The number of fused-ring (bicyclic) bond motifs is 1. The Morgan fingerprint density at radius 3 is 2.63 bits per heavy atom. The van der Waals surface area contributed by atoms with Gasteiger partial charge < -0.3 is 9.67 Å². The molecule has 104 valence electrons. The molecule has 19 heavy (non-hydrogen) atoms. The van der Waals surface area contributed by atoms with Gasteiger partial charge in [0, 0.05) is 23.0 Å². The standard InChI is InChI=1S/C16H22ClNO/c1-4-6-9-18-14-8-7-12(5-2)10-13(14)15(11(3)19)16(18)17/h7-8,10-11,19H,4-6,9H2,1-3H3. The van der Waals surface area contributed by atoms with Crippen molar-refractivity contribution in [3.8, 4) is 0 Å². The Bertz CT molecular complexity index is 572. The molecule has 2 nitrogen and oxygen atoms in total. The van der Waals surface area contributed by atoms with Crippen LogP contribution in [0.2, 0.25) is 5.15 Å². The van der Waals surface area contributed by atoms with Gasteiger partial charge in [-0.3, -0.25) is 0 Å². The van der Waals surface area contributed by atoms with E-state index in [0.29, 0.717) is 5.15 Å². The van der Waals surface area contributed by atoms with Gasteiger partial charge in [-0.05, 0) is 37.5 Å². The number of benzene rings is 1. The number of hydrogen-bond acceptors (Lipinski definition) is 1. The quantitative estimate of drug-likeness (QED) is 0.842. The van der Waals surface area contributed by atoms with Crippen LogP contribution in [-0.4, -0.2) is 9.67 Å². The molecule has 0 saturated heterocycles. The largest absolute Gasteiger partial charge is 0.389 e. The van der Waals surface area contributed by atoms with Crippen molar-refractivity contribution in [3.63, 3.8) is 0 Å². The van der Waals surface area contributed by atoms with Crippen LogP contribution in [0.15, 0.2) is 18.2 Å². The molecule has 0 amide bonds. The summed E-state index contributed by atoms with van der Waals surface area (Å²) >= 11 is 6.48. The highest BCUT2D eigenvalue weighted by atomic mass is 35.5. The van der Waals surface area contributed by atoms with E-state index in [1.165, 1.54) is 5.56 Å². The maximum absolute atomic E-state index is 10.0. The molecule has 0 radical (unpaired) electrons. The van der Waals surface area contributed by atoms with Crippen LogP contribution in [0.3, 0.4) is 0 Å². The number of hydrogen-bond donors (Lipinski definition) is 1. The third-order valence-corrected chi connectivity index (χ3v) is 4.07. The highest BCUT2D eigenvalue weighted by Crippen LogP contribution is 2.35. The topological polar surface area (TPSA) is 25.2 Å². The molecule has 0 fully saturated rings. The van der Waals surface area contributed by atoms with E-state index >= 15 is 0 Å². The van der Waals surface area contributed by atoms with Crippen molar-refractivity contribution >= 4 is 22.5 Å². The highest BCUT2D eigenvalue weighted by molar-refractivity contribution is 6.32. The van der Waals surface area contributed by atoms with Crippen molar-refractivity contribution < 1.29 is 5.11 Å². The summed E-state index contributed by atoms with van der Waals surface area (Å²) in [5.41, 5.74) is 3.27. The molecule has 1 aromatic heterocycles. The van der Waals surface area contributed by atoms with Gasteiger partial charge in [-0.1, -0.05) is 37.9 Å². The van der Waals surface area contributed by atoms with Gasteiger partial charge in [0.05, 0.1) is 6.10 Å². The van der Waals surface area contributed by atoms with Gasteiger partial charge in [0.25, 0.3) is 0 Å². The van der Waals surface area contributed by atoms with Gasteiger partial charge in [0.1, 0.15) is 5.15 Å². The van der Waals surface area contributed by atoms with Crippen molar-refractivity contribution in [2.75, 3.05) is 0 Å². The van der Waals surface area contributed by atoms with Crippen LogP contribution in [0.5, 0.6) is 0 Å². The zero-order valence-corrected chi connectivity index (χ0v) is 12.7. The Hall–Kier alpha value is -0.990. The number of aliphatic hydroxyl groups excluding tert-OH is 1. The van der Waals surface area contributed by atoms with Crippen LogP contribution in [-0.2, 0) is 13.0 Å².